The third kappa shape index (κ3) is 5.61. The molecule has 0 fully saturated rings. The van der Waals surface area contributed by atoms with Crippen molar-refractivity contribution in [1.82, 2.24) is 14.7 Å². The summed E-state index contributed by atoms with van der Waals surface area (Å²) < 4.78 is 34.7. The summed E-state index contributed by atoms with van der Waals surface area (Å²) in [6.45, 7) is 1.73. The summed E-state index contributed by atoms with van der Waals surface area (Å²) in [6, 6.07) is 16.5. The number of nitrogens with one attached hydrogen (secondary N) is 1. The van der Waals surface area contributed by atoms with Gasteiger partial charge in [-0.1, -0.05) is 6.07 Å². The van der Waals surface area contributed by atoms with E-state index in [2.05, 4.69) is 5.32 Å². The van der Waals surface area contributed by atoms with Crippen LogP contribution in [0.3, 0.4) is 0 Å². The quantitative estimate of drug-likeness (QED) is 0.230. The van der Waals surface area contributed by atoms with Gasteiger partial charge in [-0.05, 0) is 66.6 Å². The van der Waals surface area contributed by atoms with Crippen molar-refractivity contribution in [2.24, 2.45) is 0 Å². The number of ether oxygens (including phenoxy) is 1. The maximum Gasteiger partial charge on any atom is 0.293 e. The molecule has 1 amide bonds. The maximum absolute atomic E-state index is 13.6. The average Bonchev–Trinajstić information content (AvgIpc) is 3.56. The minimum absolute atomic E-state index is 0.135. The first kappa shape index (κ1) is 25.6. The van der Waals surface area contributed by atoms with Gasteiger partial charge < -0.3 is 15.0 Å². The fourth-order valence-electron chi connectivity index (χ4n) is 4.35. The molecule has 2 heterocycles. The van der Waals surface area contributed by atoms with E-state index in [0.29, 0.717) is 41.0 Å². The SMILES string of the molecule is CC(=O)Nc1ccc(CCN2C=COC2c2cn(-c3ccc(F)cc3)nc2-c2ccc(F)cc2)cc1[N+](=O)[O-]. The van der Waals surface area contributed by atoms with Crippen molar-refractivity contribution in [2.75, 3.05) is 11.9 Å². The summed E-state index contributed by atoms with van der Waals surface area (Å²) in [6.07, 6.45) is 4.98. The highest BCUT2D eigenvalue weighted by atomic mass is 19.1. The smallest absolute Gasteiger partial charge is 0.293 e. The summed E-state index contributed by atoms with van der Waals surface area (Å²) >= 11 is 0. The lowest BCUT2D eigenvalue weighted by atomic mass is 10.1. The van der Waals surface area contributed by atoms with Gasteiger partial charge in [0.1, 0.15) is 29.3 Å². The molecule has 1 N–H and O–H groups in total. The van der Waals surface area contributed by atoms with E-state index < -0.39 is 17.1 Å². The van der Waals surface area contributed by atoms with Gasteiger partial charge in [-0.25, -0.2) is 13.5 Å². The number of hydrogen-bond donors (Lipinski definition) is 1. The lowest BCUT2D eigenvalue weighted by Gasteiger charge is -2.24. The molecule has 1 aliphatic rings. The van der Waals surface area contributed by atoms with Crippen LogP contribution in [-0.2, 0) is 16.0 Å². The van der Waals surface area contributed by atoms with Crippen molar-refractivity contribution in [3.63, 3.8) is 0 Å². The standard InChI is InChI=1S/C28H23F2N5O4/c1-18(36)31-25-11-2-19(16-26(25)35(37)38)12-13-33-14-15-39-28(33)24-17-34(23-9-7-22(30)8-10-23)32-27(24)20-3-5-21(29)6-4-20/h2-11,14-17,28H,12-13H2,1H3,(H,31,36). The molecule has 0 saturated heterocycles. The Morgan fingerprint density at radius 3 is 2.44 bits per heavy atom. The number of halogens is 2. The van der Waals surface area contributed by atoms with Crippen LogP contribution < -0.4 is 5.32 Å². The topological polar surface area (TPSA) is 103 Å². The van der Waals surface area contributed by atoms with Crippen LogP contribution in [0.1, 0.15) is 24.3 Å². The highest BCUT2D eigenvalue weighted by Crippen LogP contribution is 2.36. The number of carbonyl (C=O) groups excluding carboxylic acids is 1. The molecule has 39 heavy (non-hydrogen) atoms. The summed E-state index contributed by atoms with van der Waals surface area (Å²) in [5, 5.41) is 18.7. The second kappa shape index (κ2) is 10.7. The van der Waals surface area contributed by atoms with Gasteiger partial charge >= 0.3 is 0 Å². The molecule has 1 unspecified atom stereocenters. The summed E-state index contributed by atoms with van der Waals surface area (Å²) in [5.41, 5.74) is 3.22. The predicted octanol–water partition coefficient (Wildman–Crippen LogP) is 5.73. The highest BCUT2D eigenvalue weighted by molar-refractivity contribution is 5.91. The Morgan fingerprint density at radius 1 is 1.08 bits per heavy atom. The molecule has 0 radical (unpaired) electrons. The van der Waals surface area contributed by atoms with E-state index in [0.717, 1.165) is 0 Å². The van der Waals surface area contributed by atoms with Crippen LogP contribution in [0.5, 0.6) is 0 Å². The Kier molecular flexibility index (Phi) is 7.04. The number of nitro benzene ring substituents is 1. The van der Waals surface area contributed by atoms with Crippen LogP contribution in [-0.4, -0.2) is 32.1 Å². The summed E-state index contributed by atoms with van der Waals surface area (Å²) in [5.74, 6) is -1.15. The van der Waals surface area contributed by atoms with Crippen molar-refractivity contribution >= 4 is 17.3 Å². The van der Waals surface area contributed by atoms with Crippen LogP contribution in [0.2, 0.25) is 0 Å². The normalized spacial score (nSPS) is 14.3. The van der Waals surface area contributed by atoms with E-state index in [4.69, 9.17) is 9.84 Å². The molecular weight excluding hydrogens is 508 g/mol. The Morgan fingerprint density at radius 2 is 1.77 bits per heavy atom. The van der Waals surface area contributed by atoms with Crippen molar-refractivity contribution in [3.05, 3.63) is 118 Å². The zero-order valence-corrected chi connectivity index (χ0v) is 20.8. The average molecular weight is 532 g/mol. The number of anilines is 1. The van der Waals surface area contributed by atoms with E-state index in [1.807, 2.05) is 4.90 Å². The van der Waals surface area contributed by atoms with Crippen LogP contribution in [0.4, 0.5) is 20.2 Å². The van der Waals surface area contributed by atoms with Crippen LogP contribution in [0, 0.1) is 21.7 Å². The van der Waals surface area contributed by atoms with E-state index in [-0.39, 0.29) is 23.0 Å². The molecule has 0 saturated carbocycles. The van der Waals surface area contributed by atoms with Crippen molar-refractivity contribution < 1.29 is 23.2 Å². The van der Waals surface area contributed by atoms with E-state index in [1.165, 1.54) is 43.3 Å². The molecule has 0 bridgehead atoms. The second-order valence-electron chi connectivity index (χ2n) is 8.91. The number of aromatic nitrogens is 2. The number of nitrogens with zero attached hydrogens (tertiary/aromatic N) is 4. The zero-order valence-electron chi connectivity index (χ0n) is 20.8. The number of carbonyl (C=O) groups is 1. The molecule has 198 valence electrons. The lowest BCUT2D eigenvalue weighted by Crippen LogP contribution is -2.23. The van der Waals surface area contributed by atoms with E-state index in [9.17, 15) is 23.7 Å². The van der Waals surface area contributed by atoms with Gasteiger partial charge in [-0.2, -0.15) is 5.10 Å². The van der Waals surface area contributed by atoms with Gasteiger partial charge in [0.2, 0.25) is 12.1 Å². The second-order valence-corrected chi connectivity index (χ2v) is 8.91. The first-order valence-electron chi connectivity index (χ1n) is 12.0. The van der Waals surface area contributed by atoms with Gasteiger partial charge in [-0.15, -0.1) is 0 Å². The Balaban J connectivity index is 1.43. The third-order valence-corrected chi connectivity index (χ3v) is 6.21. The molecule has 1 aromatic heterocycles. The molecule has 0 spiro atoms. The number of rotatable bonds is 8. The molecular formula is C28H23F2N5O4. The maximum atomic E-state index is 13.6. The first-order valence-corrected chi connectivity index (χ1v) is 12.0. The minimum atomic E-state index is -0.576. The molecule has 0 aliphatic carbocycles. The molecule has 1 aliphatic heterocycles. The third-order valence-electron chi connectivity index (χ3n) is 6.21. The molecule has 1 atom stereocenters. The molecule has 3 aromatic carbocycles. The first-order chi connectivity index (χ1) is 18.8. The van der Waals surface area contributed by atoms with Gasteiger partial charge in [-0.3, -0.25) is 14.9 Å². The predicted molar refractivity (Wildman–Crippen MR) is 140 cm³/mol. The van der Waals surface area contributed by atoms with Crippen molar-refractivity contribution in [2.45, 2.75) is 19.6 Å². The molecule has 11 heteroatoms. The van der Waals surface area contributed by atoms with Gasteiger partial charge in [0, 0.05) is 37.5 Å². The van der Waals surface area contributed by atoms with Crippen LogP contribution in [0.25, 0.3) is 16.9 Å². The number of amides is 1. The Bertz CT molecular complexity index is 1550. The van der Waals surface area contributed by atoms with Crippen molar-refractivity contribution in [3.8, 4) is 16.9 Å². The number of hydrogen-bond acceptors (Lipinski definition) is 6. The van der Waals surface area contributed by atoms with Gasteiger partial charge in [0.25, 0.3) is 5.69 Å². The fraction of sp³-hybridized carbons (Fsp3) is 0.143. The summed E-state index contributed by atoms with van der Waals surface area (Å²) in [4.78, 5) is 24.3. The van der Waals surface area contributed by atoms with Gasteiger partial charge in [0.15, 0.2) is 0 Å². The molecule has 4 aromatic rings. The minimum Gasteiger partial charge on any atom is -0.472 e. The van der Waals surface area contributed by atoms with Crippen molar-refractivity contribution in [1.29, 1.82) is 0 Å². The molecule has 5 rings (SSSR count). The molecule has 9 nitrogen and oxygen atoms in total. The van der Waals surface area contributed by atoms with Crippen LogP contribution in [0.15, 0.2) is 85.4 Å². The monoisotopic (exact) mass is 531 g/mol. The number of nitro groups is 1. The number of benzene rings is 3. The zero-order chi connectivity index (χ0) is 27.5. The lowest BCUT2D eigenvalue weighted by molar-refractivity contribution is -0.384. The van der Waals surface area contributed by atoms with Crippen LogP contribution >= 0.6 is 0 Å². The van der Waals surface area contributed by atoms with E-state index >= 15 is 0 Å². The Hall–Kier alpha value is -5.06. The van der Waals surface area contributed by atoms with E-state index in [1.54, 1.807) is 53.7 Å². The summed E-state index contributed by atoms with van der Waals surface area (Å²) in [7, 11) is 0. The fourth-order valence-corrected chi connectivity index (χ4v) is 4.35. The van der Waals surface area contributed by atoms with Gasteiger partial charge in [0.05, 0.1) is 16.2 Å². The Labute approximate surface area is 222 Å². The highest BCUT2D eigenvalue weighted by Gasteiger charge is 2.29. The largest absolute Gasteiger partial charge is 0.472 e.